The van der Waals surface area contributed by atoms with Crippen LogP contribution in [0.25, 0.3) is 0 Å². The Morgan fingerprint density at radius 3 is 2.47 bits per heavy atom. The summed E-state index contributed by atoms with van der Waals surface area (Å²) in [5.74, 6) is 0. The van der Waals surface area contributed by atoms with Gasteiger partial charge in [0.2, 0.25) is 0 Å². The number of benzene rings is 1. The Hall–Kier alpha value is -0.900. The fourth-order valence-corrected chi connectivity index (χ4v) is 3.01. The Labute approximate surface area is 116 Å². The van der Waals surface area contributed by atoms with Crippen molar-refractivity contribution in [1.29, 1.82) is 0 Å². The second-order valence-electron chi connectivity index (χ2n) is 5.19. The zero-order valence-electron chi connectivity index (χ0n) is 12.0. The highest BCUT2D eigenvalue weighted by atomic mass is 16.5. The van der Waals surface area contributed by atoms with Gasteiger partial charge in [0.25, 0.3) is 0 Å². The maximum absolute atomic E-state index is 10.2. The van der Waals surface area contributed by atoms with Gasteiger partial charge in [-0.15, -0.1) is 0 Å². The summed E-state index contributed by atoms with van der Waals surface area (Å²) in [6, 6.07) is 10.4. The Morgan fingerprint density at radius 2 is 1.84 bits per heavy atom. The normalized spacial score (nSPS) is 27.1. The highest BCUT2D eigenvalue weighted by Gasteiger charge is 2.38. The second-order valence-corrected chi connectivity index (χ2v) is 5.19. The Kier molecular flexibility index (Phi) is 5.37. The zero-order chi connectivity index (χ0) is 13.7. The van der Waals surface area contributed by atoms with Gasteiger partial charge < -0.3 is 9.84 Å². The maximum Gasteiger partial charge on any atom is 0.0761 e. The van der Waals surface area contributed by atoms with E-state index in [2.05, 4.69) is 30.9 Å². The first-order chi connectivity index (χ1) is 9.26. The molecular weight excluding hydrogens is 238 g/mol. The van der Waals surface area contributed by atoms with E-state index in [1.165, 1.54) is 5.56 Å². The Morgan fingerprint density at radius 1 is 1.16 bits per heavy atom. The van der Waals surface area contributed by atoms with E-state index in [4.69, 9.17) is 4.74 Å². The van der Waals surface area contributed by atoms with E-state index in [1.807, 2.05) is 18.2 Å². The van der Waals surface area contributed by atoms with Crippen LogP contribution in [0.5, 0.6) is 0 Å². The predicted molar refractivity (Wildman–Crippen MR) is 77.0 cm³/mol. The van der Waals surface area contributed by atoms with Crippen LogP contribution in [0.3, 0.4) is 0 Å². The maximum atomic E-state index is 10.2. The summed E-state index contributed by atoms with van der Waals surface area (Å²) in [7, 11) is 0. The molecule has 3 heteroatoms. The topological polar surface area (TPSA) is 32.7 Å². The number of ether oxygens (including phenoxy) is 1. The fraction of sp³-hybridized carbons (Fsp3) is 0.625. The van der Waals surface area contributed by atoms with Gasteiger partial charge >= 0.3 is 0 Å². The number of hydrogen-bond acceptors (Lipinski definition) is 3. The van der Waals surface area contributed by atoms with Crippen LogP contribution in [0.15, 0.2) is 30.3 Å². The first-order valence-electron chi connectivity index (χ1n) is 7.33. The van der Waals surface area contributed by atoms with Crippen molar-refractivity contribution in [2.24, 2.45) is 0 Å². The molecule has 2 rings (SSSR count). The zero-order valence-corrected chi connectivity index (χ0v) is 12.0. The summed E-state index contributed by atoms with van der Waals surface area (Å²) in [6.07, 6.45) is 1.70. The van der Waals surface area contributed by atoms with Crippen molar-refractivity contribution in [1.82, 2.24) is 4.90 Å². The predicted octanol–water partition coefficient (Wildman–Crippen LogP) is 2.44. The number of aliphatic hydroxyl groups excluding tert-OH is 1. The molecule has 19 heavy (non-hydrogen) atoms. The molecule has 106 valence electrons. The summed E-state index contributed by atoms with van der Waals surface area (Å²) in [4.78, 5) is 2.31. The quantitative estimate of drug-likeness (QED) is 0.855. The molecule has 0 unspecified atom stereocenters. The lowest BCUT2D eigenvalue weighted by Crippen LogP contribution is -2.47. The van der Waals surface area contributed by atoms with Crippen LogP contribution in [0.4, 0.5) is 0 Å². The molecule has 1 aromatic carbocycles. The molecule has 1 N–H and O–H groups in total. The summed E-state index contributed by atoms with van der Waals surface area (Å²) >= 11 is 0. The smallest absolute Gasteiger partial charge is 0.0761 e. The van der Waals surface area contributed by atoms with Gasteiger partial charge in [-0.2, -0.15) is 0 Å². The van der Waals surface area contributed by atoms with Crippen molar-refractivity contribution >= 4 is 0 Å². The van der Waals surface area contributed by atoms with E-state index in [0.29, 0.717) is 6.61 Å². The van der Waals surface area contributed by atoms with Crippen molar-refractivity contribution in [3.05, 3.63) is 35.9 Å². The van der Waals surface area contributed by atoms with Crippen LogP contribution in [-0.4, -0.2) is 41.3 Å². The molecule has 0 aliphatic heterocycles. The molecule has 0 radical (unpaired) electrons. The molecule has 0 heterocycles. The van der Waals surface area contributed by atoms with Crippen LogP contribution in [0, 0.1) is 0 Å². The lowest BCUT2D eigenvalue weighted by molar-refractivity contribution is -0.0329. The third kappa shape index (κ3) is 3.56. The highest BCUT2D eigenvalue weighted by Crippen LogP contribution is 2.28. The van der Waals surface area contributed by atoms with E-state index >= 15 is 0 Å². The summed E-state index contributed by atoms with van der Waals surface area (Å²) in [6.45, 7) is 6.84. The van der Waals surface area contributed by atoms with Crippen LogP contribution in [0.1, 0.15) is 32.3 Å². The van der Waals surface area contributed by atoms with Gasteiger partial charge in [-0.05, 0) is 31.5 Å². The van der Waals surface area contributed by atoms with Gasteiger partial charge in [-0.1, -0.05) is 44.2 Å². The van der Waals surface area contributed by atoms with Crippen LogP contribution in [0.2, 0.25) is 0 Å². The van der Waals surface area contributed by atoms with Crippen LogP contribution >= 0.6 is 0 Å². The van der Waals surface area contributed by atoms with E-state index in [9.17, 15) is 5.11 Å². The van der Waals surface area contributed by atoms with Gasteiger partial charge in [-0.3, -0.25) is 4.90 Å². The molecule has 0 aromatic heterocycles. The first kappa shape index (κ1) is 14.5. The molecule has 1 aromatic rings. The molecule has 1 aliphatic rings. The van der Waals surface area contributed by atoms with E-state index in [1.54, 1.807) is 0 Å². The minimum Gasteiger partial charge on any atom is -0.391 e. The van der Waals surface area contributed by atoms with Crippen molar-refractivity contribution in [3.8, 4) is 0 Å². The Balaban J connectivity index is 1.95. The summed E-state index contributed by atoms with van der Waals surface area (Å²) in [5, 5.41) is 10.2. The molecule has 1 saturated carbocycles. The minimum atomic E-state index is -0.249. The van der Waals surface area contributed by atoms with Crippen LogP contribution in [-0.2, 0) is 11.3 Å². The molecule has 0 bridgehead atoms. The number of aliphatic hydroxyl groups is 1. The number of nitrogens with zero attached hydrogens (tertiary/aromatic N) is 1. The molecular formula is C16H25NO2. The van der Waals surface area contributed by atoms with Gasteiger partial charge in [0.15, 0.2) is 0 Å². The monoisotopic (exact) mass is 263 g/mol. The van der Waals surface area contributed by atoms with Gasteiger partial charge in [-0.25, -0.2) is 0 Å². The lowest BCUT2D eigenvalue weighted by atomic mass is 10.1. The van der Waals surface area contributed by atoms with Crippen molar-refractivity contribution in [2.45, 2.75) is 51.5 Å². The van der Waals surface area contributed by atoms with Crippen molar-refractivity contribution in [3.63, 3.8) is 0 Å². The molecule has 0 spiro atoms. The van der Waals surface area contributed by atoms with Gasteiger partial charge in [0.1, 0.15) is 0 Å². The van der Waals surface area contributed by atoms with Crippen LogP contribution < -0.4 is 0 Å². The van der Waals surface area contributed by atoms with Crippen molar-refractivity contribution in [2.75, 3.05) is 13.1 Å². The fourth-order valence-electron chi connectivity index (χ4n) is 3.01. The average Bonchev–Trinajstić information content (AvgIpc) is 2.81. The summed E-state index contributed by atoms with van der Waals surface area (Å²) < 4.78 is 6.06. The summed E-state index contributed by atoms with van der Waals surface area (Å²) in [5.41, 5.74) is 1.20. The van der Waals surface area contributed by atoms with E-state index < -0.39 is 0 Å². The number of hydrogen-bond donors (Lipinski definition) is 1. The molecule has 1 aliphatic carbocycles. The average molecular weight is 263 g/mol. The third-order valence-electron chi connectivity index (χ3n) is 4.06. The number of likely N-dealkylation sites (N-methyl/N-ethyl adjacent to an activating group) is 1. The molecule has 0 amide bonds. The minimum absolute atomic E-state index is 0.148. The van der Waals surface area contributed by atoms with Gasteiger partial charge in [0, 0.05) is 0 Å². The molecule has 3 atom stereocenters. The van der Waals surface area contributed by atoms with E-state index in [-0.39, 0.29) is 18.2 Å². The largest absolute Gasteiger partial charge is 0.391 e. The van der Waals surface area contributed by atoms with Crippen molar-refractivity contribution < 1.29 is 9.84 Å². The standard InChI is InChI=1S/C16H25NO2/c1-3-17(4-2)16-14(18)10-11-15(16)19-12-13-8-6-5-7-9-13/h5-9,14-16,18H,3-4,10-12H2,1-2H3/t14-,15+,16+/m0/s1. The van der Waals surface area contributed by atoms with E-state index in [0.717, 1.165) is 25.9 Å². The number of rotatable bonds is 6. The third-order valence-corrected chi connectivity index (χ3v) is 4.06. The molecule has 1 fully saturated rings. The molecule has 0 saturated heterocycles. The lowest BCUT2D eigenvalue weighted by Gasteiger charge is -2.33. The van der Waals surface area contributed by atoms with Gasteiger partial charge in [0.05, 0.1) is 24.9 Å². The SMILES string of the molecule is CCN(CC)[C@@H]1[C@@H](O)CC[C@H]1OCc1ccccc1. The molecule has 3 nitrogen and oxygen atoms in total. The Bertz CT molecular complexity index is 364. The first-order valence-corrected chi connectivity index (χ1v) is 7.33. The highest BCUT2D eigenvalue weighted by molar-refractivity contribution is 5.13. The second kappa shape index (κ2) is 7.04.